The highest BCUT2D eigenvalue weighted by atomic mass is 16.4. The van der Waals surface area contributed by atoms with Gasteiger partial charge < -0.3 is 10.2 Å². The lowest BCUT2D eigenvalue weighted by Gasteiger charge is -2.54. The standard InChI is InChI=1S/C43H60O4/c1-26(2)32-22-30(37-31(23-32)15-17-36-41(37,6)19-11-21-43(36,8)39(46)47)13-9-12-28-25-34-29(24-33(28)27(3)4)14-16-35-40(34,5)18-10-20-42(35,7)38(44)45/h22-27,35-36H,9-21H2,1-8H3,(H,44,45)(H,46,47). The number of aliphatic carboxylic acids is 2. The summed E-state index contributed by atoms with van der Waals surface area (Å²) in [5.74, 6) is -0.0363. The second-order valence-electron chi connectivity index (χ2n) is 17.8. The summed E-state index contributed by atoms with van der Waals surface area (Å²) < 4.78 is 0. The highest BCUT2D eigenvalue weighted by molar-refractivity contribution is 5.76. The molecule has 2 saturated carbocycles. The predicted molar refractivity (Wildman–Crippen MR) is 191 cm³/mol. The third-order valence-corrected chi connectivity index (χ3v) is 14.3. The molecule has 0 spiro atoms. The van der Waals surface area contributed by atoms with Crippen LogP contribution in [0.4, 0.5) is 0 Å². The monoisotopic (exact) mass is 640 g/mol. The van der Waals surface area contributed by atoms with Gasteiger partial charge in [-0.15, -0.1) is 0 Å². The van der Waals surface area contributed by atoms with Crippen molar-refractivity contribution in [2.24, 2.45) is 22.7 Å². The van der Waals surface area contributed by atoms with Crippen molar-refractivity contribution >= 4 is 11.9 Å². The Hall–Kier alpha value is -2.62. The summed E-state index contributed by atoms with van der Waals surface area (Å²) in [6.45, 7) is 18.0. The molecule has 4 nitrogen and oxygen atoms in total. The van der Waals surface area contributed by atoms with Gasteiger partial charge in [-0.25, -0.2) is 0 Å². The average molecular weight is 641 g/mol. The third kappa shape index (κ3) is 5.39. The van der Waals surface area contributed by atoms with Crippen LogP contribution in [0.1, 0.15) is 170 Å². The molecular weight excluding hydrogens is 580 g/mol. The molecule has 256 valence electrons. The molecule has 2 fully saturated rings. The molecule has 0 aromatic heterocycles. The molecule has 0 bridgehead atoms. The van der Waals surface area contributed by atoms with Gasteiger partial charge in [0.05, 0.1) is 10.8 Å². The van der Waals surface area contributed by atoms with Gasteiger partial charge in [0, 0.05) is 0 Å². The number of carboxylic acid groups (broad SMARTS) is 2. The summed E-state index contributed by atoms with van der Waals surface area (Å²) in [4.78, 5) is 25.3. The summed E-state index contributed by atoms with van der Waals surface area (Å²) in [7, 11) is 0. The van der Waals surface area contributed by atoms with Crippen molar-refractivity contribution < 1.29 is 19.8 Å². The zero-order valence-electron chi connectivity index (χ0n) is 30.5. The van der Waals surface area contributed by atoms with E-state index < -0.39 is 22.8 Å². The van der Waals surface area contributed by atoms with E-state index in [0.29, 0.717) is 11.8 Å². The zero-order valence-corrected chi connectivity index (χ0v) is 30.5. The van der Waals surface area contributed by atoms with E-state index in [4.69, 9.17) is 0 Å². The van der Waals surface area contributed by atoms with E-state index in [9.17, 15) is 19.8 Å². The number of hydrogen-bond donors (Lipinski definition) is 2. The van der Waals surface area contributed by atoms with Crippen LogP contribution in [0.15, 0.2) is 24.3 Å². The Labute approximate surface area is 284 Å². The quantitative estimate of drug-likeness (QED) is 0.301. The van der Waals surface area contributed by atoms with Gasteiger partial charge in [-0.05, 0) is 163 Å². The van der Waals surface area contributed by atoms with Gasteiger partial charge in [0.1, 0.15) is 0 Å². The molecule has 0 radical (unpaired) electrons. The minimum absolute atomic E-state index is 0.102. The molecular formula is C43H60O4. The second kappa shape index (κ2) is 12.1. The smallest absolute Gasteiger partial charge is 0.309 e. The highest BCUT2D eigenvalue weighted by Crippen LogP contribution is 2.59. The number of benzene rings is 2. The van der Waals surface area contributed by atoms with Gasteiger partial charge in [-0.2, -0.15) is 0 Å². The number of carbonyl (C=O) groups is 2. The molecule has 4 heteroatoms. The van der Waals surface area contributed by atoms with Crippen LogP contribution in [-0.2, 0) is 46.1 Å². The van der Waals surface area contributed by atoms with Crippen LogP contribution in [0.3, 0.4) is 0 Å². The first-order valence-corrected chi connectivity index (χ1v) is 18.9. The molecule has 2 aromatic carbocycles. The Bertz CT molecular complexity index is 1570. The largest absolute Gasteiger partial charge is 0.481 e. The second-order valence-corrected chi connectivity index (χ2v) is 17.8. The summed E-state index contributed by atoms with van der Waals surface area (Å²) >= 11 is 0. The molecule has 0 aliphatic heterocycles. The van der Waals surface area contributed by atoms with Gasteiger partial charge in [0.2, 0.25) is 0 Å². The average Bonchev–Trinajstić information content (AvgIpc) is 3.00. The Morgan fingerprint density at radius 3 is 1.83 bits per heavy atom. The van der Waals surface area contributed by atoms with Gasteiger partial charge in [0.25, 0.3) is 0 Å². The Morgan fingerprint density at radius 2 is 1.26 bits per heavy atom. The Kier molecular flexibility index (Phi) is 8.79. The number of rotatable bonds is 8. The molecule has 2 N–H and O–H groups in total. The van der Waals surface area contributed by atoms with E-state index in [2.05, 4.69) is 65.8 Å². The molecule has 0 heterocycles. The lowest BCUT2D eigenvalue weighted by atomic mass is 9.49. The maximum Gasteiger partial charge on any atom is 0.309 e. The van der Waals surface area contributed by atoms with E-state index in [1.54, 1.807) is 0 Å². The van der Waals surface area contributed by atoms with Crippen LogP contribution >= 0.6 is 0 Å². The predicted octanol–water partition coefficient (Wildman–Crippen LogP) is 10.3. The maximum absolute atomic E-state index is 12.7. The van der Waals surface area contributed by atoms with Crippen molar-refractivity contribution in [2.45, 2.75) is 162 Å². The highest BCUT2D eigenvalue weighted by Gasteiger charge is 2.57. The first kappa shape index (κ1) is 34.3. The fourth-order valence-corrected chi connectivity index (χ4v) is 11.7. The van der Waals surface area contributed by atoms with Gasteiger partial charge in [-0.3, -0.25) is 9.59 Å². The molecule has 47 heavy (non-hydrogen) atoms. The molecule has 6 rings (SSSR count). The Morgan fingerprint density at radius 1 is 0.702 bits per heavy atom. The normalized spacial score (nSPS) is 33.1. The minimum atomic E-state index is -0.669. The van der Waals surface area contributed by atoms with Crippen molar-refractivity contribution in [2.75, 3.05) is 0 Å². The van der Waals surface area contributed by atoms with Crippen LogP contribution in [0.25, 0.3) is 0 Å². The van der Waals surface area contributed by atoms with E-state index in [-0.39, 0.29) is 22.7 Å². The maximum atomic E-state index is 12.7. The molecule has 0 amide bonds. The first-order valence-electron chi connectivity index (χ1n) is 18.9. The number of carboxylic acids is 2. The summed E-state index contributed by atoms with van der Waals surface area (Å²) in [5, 5.41) is 20.8. The van der Waals surface area contributed by atoms with Crippen molar-refractivity contribution in [1.29, 1.82) is 0 Å². The van der Waals surface area contributed by atoms with Gasteiger partial charge in [0.15, 0.2) is 0 Å². The van der Waals surface area contributed by atoms with Gasteiger partial charge >= 0.3 is 11.9 Å². The lowest BCUT2D eigenvalue weighted by Crippen LogP contribution is -2.52. The van der Waals surface area contributed by atoms with E-state index >= 15 is 0 Å². The van der Waals surface area contributed by atoms with Crippen molar-refractivity contribution in [1.82, 2.24) is 0 Å². The van der Waals surface area contributed by atoms with Gasteiger partial charge in [-0.1, -0.05) is 78.6 Å². The summed E-state index contributed by atoms with van der Waals surface area (Å²) in [6, 6.07) is 9.93. The third-order valence-electron chi connectivity index (χ3n) is 14.3. The van der Waals surface area contributed by atoms with E-state index in [1.165, 1.54) is 44.5 Å². The Balaban J connectivity index is 1.35. The van der Waals surface area contributed by atoms with Crippen LogP contribution in [0.5, 0.6) is 0 Å². The van der Waals surface area contributed by atoms with Crippen molar-refractivity contribution in [3.8, 4) is 0 Å². The number of fused-ring (bicyclic) bond motifs is 6. The minimum Gasteiger partial charge on any atom is -0.481 e. The topological polar surface area (TPSA) is 74.6 Å². The molecule has 4 aliphatic rings. The van der Waals surface area contributed by atoms with Crippen LogP contribution in [0.2, 0.25) is 0 Å². The number of aryl methyl sites for hydroxylation is 4. The molecule has 0 saturated heterocycles. The first-order chi connectivity index (χ1) is 22.1. The van der Waals surface area contributed by atoms with Crippen LogP contribution in [-0.4, -0.2) is 22.2 Å². The van der Waals surface area contributed by atoms with Crippen LogP contribution in [0, 0.1) is 22.7 Å². The zero-order chi connectivity index (χ0) is 34.1. The lowest BCUT2D eigenvalue weighted by molar-refractivity contribution is -0.158. The summed E-state index contributed by atoms with van der Waals surface area (Å²) in [6.07, 6.45) is 12.5. The fourth-order valence-electron chi connectivity index (χ4n) is 11.7. The molecule has 6 atom stereocenters. The van der Waals surface area contributed by atoms with E-state index in [1.807, 2.05) is 13.8 Å². The summed E-state index contributed by atoms with van der Waals surface area (Å²) in [5.41, 5.74) is 10.0. The van der Waals surface area contributed by atoms with Crippen LogP contribution < -0.4 is 0 Å². The number of hydrogen-bond acceptors (Lipinski definition) is 2. The van der Waals surface area contributed by atoms with E-state index in [0.717, 1.165) is 83.5 Å². The van der Waals surface area contributed by atoms with Crippen molar-refractivity contribution in [3.63, 3.8) is 0 Å². The van der Waals surface area contributed by atoms with Crippen molar-refractivity contribution in [3.05, 3.63) is 68.8 Å². The SMILES string of the molecule is CC(C)c1cc(CCCc2cc3c(cc2C(C)C)CCC2C(C)(C(=O)O)CCCC32C)c2c(c1)CCC1C(C)(C(=O)O)CCCC21C. The fraction of sp³-hybridized carbons (Fsp3) is 0.674. The molecule has 2 aromatic rings. The molecule has 6 unspecified atom stereocenters. The molecule has 4 aliphatic carbocycles.